The minimum absolute atomic E-state index is 0.0998. The summed E-state index contributed by atoms with van der Waals surface area (Å²) < 4.78 is 5.43. The molecule has 18 heavy (non-hydrogen) atoms. The predicted octanol–water partition coefficient (Wildman–Crippen LogP) is 3.17. The van der Waals surface area contributed by atoms with E-state index in [-0.39, 0.29) is 5.78 Å². The van der Waals surface area contributed by atoms with E-state index in [1.54, 1.807) is 11.8 Å². The third kappa shape index (κ3) is 2.25. The van der Waals surface area contributed by atoms with Crippen LogP contribution >= 0.6 is 11.8 Å². The van der Waals surface area contributed by atoms with Crippen molar-refractivity contribution in [2.45, 2.75) is 18.7 Å². The Labute approximate surface area is 112 Å². The number of ketones is 1. The molecule has 1 aromatic rings. The molecule has 1 aliphatic heterocycles. The summed E-state index contributed by atoms with van der Waals surface area (Å²) >= 11 is 1.54. The van der Waals surface area contributed by atoms with Crippen LogP contribution in [0.25, 0.3) is 0 Å². The van der Waals surface area contributed by atoms with Crippen LogP contribution in [0.2, 0.25) is 0 Å². The Morgan fingerprint density at radius 2 is 2.11 bits per heavy atom. The molecule has 0 bridgehead atoms. The zero-order chi connectivity index (χ0) is 13.3. The van der Waals surface area contributed by atoms with Crippen LogP contribution in [-0.2, 0) is 0 Å². The summed E-state index contributed by atoms with van der Waals surface area (Å²) in [5, 5.41) is 0. The van der Waals surface area contributed by atoms with Gasteiger partial charge < -0.3 is 9.64 Å². The van der Waals surface area contributed by atoms with E-state index in [0.29, 0.717) is 6.61 Å². The Hall–Kier alpha value is -1.42. The van der Waals surface area contributed by atoms with Gasteiger partial charge in [-0.3, -0.25) is 4.79 Å². The molecule has 3 nitrogen and oxygen atoms in total. The number of hydrogen-bond donors (Lipinski definition) is 0. The van der Waals surface area contributed by atoms with Crippen molar-refractivity contribution in [2.24, 2.45) is 0 Å². The first-order valence-corrected chi connectivity index (χ1v) is 6.73. The fourth-order valence-electron chi connectivity index (χ4n) is 1.75. The van der Waals surface area contributed by atoms with E-state index in [1.807, 2.05) is 51.0 Å². The van der Waals surface area contributed by atoms with Gasteiger partial charge in [-0.05, 0) is 32.0 Å². The molecule has 1 aliphatic rings. The lowest BCUT2D eigenvalue weighted by molar-refractivity contribution is 0.104. The fraction of sp³-hybridized carbons (Fsp3) is 0.357. The second kappa shape index (κ2) is 5.06. The van der Waals surface area contributed by atoms with Gasteiger partial charge in [0.05, 0.1) is 11.5 Å². The van der Waals surface area contributed by atoms with Crippen LogP contribution in [0.1, 0.15) is 24.2 Å². The minimum atomic E-state index is 0.0998. The zero-order valence-electron chi connectivity index (χ0n) is 11.1. The molecular formula is C14H17NO2S. The number of allylic oxidation sites excluding steroid dienone is 2. The van der Waals surface area contributed by atoms with E-state index >= 15 is 0 Å². The number of Topliss-reactive ketones (excluding diaryl/α,β-unsaturated/α-hetero) is 1. The van der Waals surface area contributed by atoms with Crippen molar-refractivity contribution in [1.82, 2.24) is 4.90 Å². The van der Waals surface area contributed by atoms with E-state index in [1.165, 1.54) is 0 Å². The normalized spacial score (nSPS) is 16.6. The van der Waals surface area contributed by atoms with Crippen LogP contribution in [0, 0.1) is 0 Å². The molecule has 0 unspecified atom stereocenters. The first-order valence-electron chi connectivity index (χ1n) is 5.92. The summed E-state index contributed by atoms with van der Waals surface area (Å²) in [6.07, 6.45) is 0. The van der Waals surface area contributed by atoms with E-state index in [0.717, 1.165) is 26.8 Å². The quantitative estimate of drug-likeness (QED) is 0.783. The monoisotopic (exact) mass is 263 g/mol. The van der Waals surface area contributed by atoms with Crippen molar-refractivity contribution < 1.29 is 9.53 Å². The molecule has 0 spiro atoms. The predicted molar refractivity (Wildman–Crippen MR) is 74.2 cm³/mol. The lowest BCUT2D eigenvalue weighted by atomic mass is 10.1. The van der Waals surface area contributed by atoms with E-state index in [4.69, 9.17) is 4.74 Å². The largest absolute Gasteiger partial charge is 0.494 e. The summed E-state index contributed by atoms with van der Waals surface area (Å²) in [4.78, 5) is 16.1. The van der Waals surface area contributed by atoms with Crippen LogP contribution in [0.15, 0.2) is 33.7 Å². The third-order valence-electron chi connectivity index (χ3n) is 2.92. The second-order valence-corrected chi connectivity index (χ2v) is 5.38. The Morgan fingerprint density at radius 1 is 1.39 bits per heavy atom. The molecular weight excluding hydrogens is 246 g/mol. The van der Waals surface area contributed by atoms with Crippen LogP contribution in [0.5, 0.6) is 5.75 Å². The molecule has 0 saturated heterocycles. The first-order chi connectivity index (χ1) is 8.54. The van der Waals surface area contributed by atoms with Gasteiger partial charge in [-0.2, -0.15) is 0 Å². The average Bonchev–Trinajstić information content (AvgIpc) is 2.66. The standard InChI is InChI=1S/C14H17NO2S/c1-5-17-10-6-7-12-11(8-10)13(16)14(18-12)9(2)15(3)4/h6-8H,5H2,1-4H3/b14-9+. The molecule has 1 aromatic carbocycles. The van der Waals surface area contributed by atoms with Crippen molar-refractivity contribution >= 4 is 17.5 Å². The SMILES string of the molecule is CCOc1ccc2c(c1)C(=O)/C(=C(/C)N(C)C)S2. The highest BCUT2D eigenvalue weighted by Gasteiger charge is 2.28. The molecule has 0 fully saturated rings. The van der Waals surface area contributed by atoms with Crippen LogP contribution < -0.4 is 4.74 Å². The zero-order valence-corrected chi connectivity index (χ0v) is 11.9. The Bertz CT molecular complexity index is 521. The molecule has 2 rings (SSSR count). The van der Waals surface area contributed by atoms with Crippen molar-refractivity contribution in [3.8, 4) is 5.75 Å². The van der Waals surface area contributed by atoms with Gasteiger partial charge in [-0.15, -0.1) is 0 Å². The Morgan fingerprint density at radius 3 is 2.72 bits per heavy atom. The number of ether oxygens (including phenoxy) is 1. The summed E-state index contributed by atoms with van der Waals surface area (Å²) in [7, 11) is 3.90. The first kappa shape index (κ1) is 13.0. The number of hydrogen-bond acceptors (Lipinski definition) is 4. The second-order valence-electron chi connectivity index (χ2n) is 4.33. The number of carbonyl (C=O) groups excluding carboxylic acids is 1. The highest BCUT2D eigenvalue weighted by molar-refractivity contribution is 8.04. The summed E-state index contributed by atoms with van der Waals surface area (Å²) in [5.41, 5.74) is 1.75. The van der Waals surface area contributed by atoms with Crippen LogP contribution in [0.3, 0.4) is 0 Å². The number of rotatable bonds is 3. The molecule has 0 radical (unpaired) electrons. The van der Waals surface area contributed by atoms with Gasteiger partial charge in [-0.1, -0.05) is 11.8 Å². The minimum Gasteiger partial charge on any atom is -0.494 e. The number of carbonyl (C=O) groups is 1. The number of thioether (sulfide) groups is 1. The molecule has 0 aromatic heterocycles. The van der Waals surface area contributed by atoms with Crippen LogP contribution in [-0.4, -0.2) is 31.4 Å². The summed E-state index contributed by atoms with van der Waals surface area (Å²) in [6, 6.07) is 5.71. The molecule has 0 N–H and O–H groups in total. The average molecular weight is 263 g/mol. The van der Waals surface area contributed by atoms with Crippen LogP contribution in [0.4, 0.5) is 0 Å². The van der Waals surface area contributed by atoms with Gasteiger partial charge in [0, 0.05) is 30.3 Å². The maximum absolute atomic E-state index is 12.3. The molecule has 96 valence electrons. The summed E-state index contributed by atoms with van der Waals surface area (Å²) in [5.74, 6) is 0.858. The number of nitrogens with zero attached hydrogens (tertiary/aromatic N) is 1. The van der Waals surface area contributed by atoms with E-state index in [9.17, 15) is 4.79 Å². The summed E-state index contributed by atoms with van der Waals surface area (Å²) in [6.45, 7) is 4.51. The molecule has 0 aliphatic carbocycles. The van der Waals surface area contributed by atoms with Crippen molar-refractivity contribution in [1.29, 1.82) is 0 Å². The van der Waals surface area contributed by atoms with Crippen molar-refractivity contribution in [2.75, 3.05) is 20.7 Å². The maximum atomic E-state index is 12.3. The van der Waals surface area contributed by atoms with E-state index in [2.05, 4.69) is 0 Å². The van der Waals surface area contributed by atoms with Gasteiger partial charge in [-0.25, -0.2) is 0 Å². The number of benzene rings is 1. The molecule has 4 heteroatoms. The molecule has 0 atom stereocenters. The van der Waals surface area contributed by atoms with Gasteiger partial charge in [0.25, 0.3) is 0 Å². The van der Waals surface area contributed by atoms with Gasteiger partial charge in [0.2, 0.25) is 5.78 Å². The Balaban J connectivity index is 2.40. The van der Waals surface area contributed by atoms with E-state index < -0.39 is 0 Å². The third-order valence-corrected chi connectivity index (χ3v) is 4.19. The van der Waals surface area contributed by atoms with Crippen molar-refractivity contribution in [3.63, 3.8) is 0 Å². The van der Waals surface area contributed by atoms with Gasteiger partial charge >= 0.3 is 0 Å². The van der Waals surface area contributed by atoms with Crippen molar-refractivity contribution in [3.05, 3.63) is 34.4 Å². The maximum Gasteiger partial charge on any atom is 0.202 e. The van der Waals surface area contributed by atoms with Gasteiger partial charge in [0.1, 0.15) is 5.75 Å². The molecule has 0 saturated carbocycles. The topological polar surface area (TPSA) is 29.5 Å². The lowest BCUT2D eigenvalue weighted by Crippen LogP contribution is -2.12. The van der Waals surface area contributed by atoms with Gasteiger partial charge in [0.15, 0.2) is 0 Å². The highest BCUT2D eigenvalue weighted by Crippen LogP contribution is 2.42. The Kier molecular flexibility index (Phi) is 3.66. The highest BCUT2D eigenvalue weighted by atomic mass is 32.2. The smallest absolute Gasteiger partial charge is 0.202 e. The lowest BCUT2D eigenvalue weighted by Gasteiger charge is -2.14. The molecule has 1 heterocycles. The number of fused-ring (bicyclic) bond motifs is 1. The fourth-order valence-corrected chi connectivity index (χ4v) is 2.90. The molecule has 0 amide bonds.